The molecule has 1 aliphatic heterocycles. The van der Waals surface area contributed by atoms with Gasteiger partial charge in [-0.05, 0) is 17.7 Å². The third kappa shape index (κ3) is 5.22. The molecule has 1 aromatic heterocycles. The molecule has 5 nitrogen and oxygen atoms in total. The molecule has 1 aliphatic rings. The number of rotatable bonds is 3. The summed E-state index contributed by atoms with van der Waals surface area (Å²) >= 11 is 1.60. The highest BCUT2D eigenvalue weighted by Gasteiger charge is 2.29. The molecule has 1 saturated heterocycles. The van der Waals surface area contributed by atoms with Gasteiger partial charge in [-0.25, -0.2) is 9.98 Å². The van der Waals surface area contributed by atoms with Crippen molar-refractivity contribution in [1.82, 2.24) is 9.88 Å². The van der Waals surface area contributed by atoms with Crippen LogP contribution < -0.4 is 10.6 Å². The number of hydrogen-bond acceptors (Lipinski definition) is 4. The van der Waals surface area contributed by atoms with Crippen LogP contribution in [0.2, 0.25) is 0 Å². The number of piperazine rings is 1. The Morgan fingerprint density at radius 3 is 2.35 bits per heavy atom. The predicted octanol–water partition coefficient (Wildman–Crippen LogP) is 3.42. The van der Waals surface area contributed by atoms with Crippen LogP contribution in [0, 0.1) is 0 Å². The number of hydrogen-bond donors (Lipinski definition) is 1. The summed E-state index contributed by atoms with van der Waals surface area (Å²) in [5.41, 5.74) is 6.06. The van der Waals surface area contributed by atoms with Crippen LogP contribution in [-0.2, 0) is 12.7 Å². The van der Waals surface area contributed by atoms with E-state index in [0.29, 0.717) is 11.5 Å². The number of nitrogens with two attached hydrogens (primary N) is 1. The van der Waals surface area contributed by atoms with E-state index < -0.39 is 11.7 Å². The van der Waals surface area contributed by atoms with E-state index >= 15 is 0 Å². The molecule has 0 atom stereocenters. The minimum atomic E-state index is -4.32. The fourth-order valence-corrected chi connectivity index (χ4v) is 3.27. The van der Waals surface area contributed by atoms with E-state index in [2.05, 4.69) is 14.9 Å². The molecule has 10 heteroatoms. The maximum Gasteiger partial charge on any atom is 0.416 e. The molecular weight excluding hydrogens is 478 g/mol. The highest BCUT2D eigenvalue weighted by atomic mass is 127. The summed E-state index contributed by atoms with van der Waals surface area (Å²) in [6.45, 7) is 3.36. The molecule has 1 aromatic carbocycles. The Labute approximate surface area is 170 Å². The minimum absolute atomic E-state index is 0. The van der Waals surface area contributed by atoms with Crippen LogP contribution in [0.15, 0.2) is 40.8 Å². The SMILES string of the molecule is I.NC(=NCc1ccc(C(F)(F)F)cc1)N1CCN(c2nccs2)CC1. The predicted molar refractivity (Wildman–Crippen MR) is 108 cm³/mol. The molecule has 0 bridgehead atoms. The molecule has 0 spiro atoms. The van der Waals surface area contributed by atoms with Gasteiger partial charge in [0, 0.05) is 37.8 Å². The number of aromatic nitrogens is 1. The molecule has 1 fully saturated rings. The van der Waals surface area contributed by atoms with Crippen LogP contribution in [0.5, 0.6) is 0 Å². The zero-order valence-electron chi connectivity index (χ0n) is 13.8. The van der Waals surface area contributed by atoms with Crippen LogP contribution in [0.4, 0.5) is 18.3 Å². The lowest BCUT2D eigenvalue weighted by molar-refractivity contribution is -0.137. The third-order valence-corrected chi connectivity index (χ3v) is 4.83. The molecule has 0 radical (unpaired) electrons. The molecule has 0 amide bonds. The van der Waals surface area contributed by atoms with E-state index in [1.54, 1.807) is 17.5 Å². The van der Waals surface area contributed by atoms with Gasteiger partial charge in [-0.3, -0.25) is 0 Å². The quantitative estimate of drug-likeness (QED) is 0.401. The molecule has 26 heavy (non-hydrogen) atoms. The van der Waals surface area contributed by atoms with Gasteiger partial charge in [-0.15, -0.1) is 35.3 Å². The van der Waals surface area contributed by atoms with E-state index in [4.69, 9.17) is 5.73 Å². The van der Waals surface area contributed by atoms with Gasteiger partial charge < -0.3 is 15.5 Å². The third-order valence-electron chi connectivity index (χ3n) is 4.00. The van der Waals surface area contributed by atoms with Crippen LogP contribution in [0.3, 0.4) is 0 Å². The summed E-state index contributed by atoms with van der Waals surface area (Å²) in [4.78, 5) is 12.8. The van der Waals surface area contributed by atoms with Gasteiger partial charge in [-0.2, -0.15) is 13.2 Å². The fraction of sp³-hybridized carbons (Fsp3) is 0.375. The van der Waals surface area contributed by atoms with E-state index in [0.717, 1.165) is 43.4 Å². The Kier molecular flexibility index (Phi) is 7.09. The molecule has 0 unspecified atom stereocenters. The van der Waals surface area contributed by atoms with Crippen molar-refractivity contribution < 1.29 is 13.2 Å². The van der Waals surface area contributed by atoms with Gasteiger partial charge in [0.15, 0.2) is 11.1 Å². The monoisotopic (exact) mass is 497 g/mol. The second-order valence-electron chi connectivity index (χ2n) is 5.66. The van der Waals surface area contributed by atoms with Crippen molar-refractivity contribution in [3.05, 3.63) is 47.0 Å². The molecule has 0 aliphatic carbocycles. The summed E-state index contributed by atoms with van der Waals surface area (Å²) < 4.78 is 37.6. The zero-order chi connectivity index (χ0) is 17.9. The number of benzene rings is 1. The Balaban J connectivity index is 0.00000243. The number of anilines is 1. The molecule has 2 N–H and O–H groups in total. The first-order valence-corrected chi connectivity index (χ1v) is 8.67. The Morgan fingerprint density at radius 2 is 1.81 bits per heavy atom. The van der Waals surface area contributed by atoms with Crippen molar-refractivity contribution in [2.75, 3.05) is 31.1 Å². The molecule has 142 valence electrons. The maximum absolute atomic E-state index is 12.5. The lowest BCUT2D eigenvalue weighted by Crippen LogP contribution is -2.51. The van der Waals surface area contributed by atoms with Gasteiger partial charge in [0.25, 0.3) is 0 Å². The largest absolute Gasteiger partial charge is 0.416 e. The van der Waals surface area contributed by atoms with Gasteiger partial charge in [0.05, 0.1) is 12.1 Å². The molecule has 0 saturated carbocycles. The smallest absolute Gasteiger partial charge is 0.370 e. The maximum atomic E-state index is 12.5. The second kappa shape index (κ2) is 8.89. The lowest BCUT2D eigenvalue weighted by atomic mass is 10.1. The topological polar surface area (TPSA) is 57.8 Å². The summed E-state index contributed by atoms with van der Waals surface area (Å²) in [5, 5.41) is 2.95. The average molecular weight is 497 g/mol. The van der Waals surface area contributed by atoms with E-state index in [-0.39, 0.29) is 30.5 Å². The van der Waals surface area contributed by atoms with Crippen molar-refractivity contribution in [3.8, 4) is 0 Å². The average Bonchev–Trinajstić information content (AvgIpc) is 3.14. The molecule has 3 rings (SSSR count). The standard InChI is InChI=1S/C16H18F3N5S.HI/c17-16(18,19)13-3-1-12(2-4-13)11-22-14(20)23-6-8-24(9-7-23)15-21-5-10-25-15;/h1-5,10H,6-9,11H2,(H2,20,22);1H. The summed E-state index contributed by atoms with van der Waals surface area (Å²) in [7, 11) is 0. The summed E-state index contributed by atoms with van der Waals surface area (Å²) in [5.74, 6) is 0.415. The van der Waals surface area contributed by atoms with E-state index in [9.17, 15) is 13.2 Å². The van der Waals surface area contributed by atoms with Gasteiger partial charge in [0.2, 0.25) is 0 Å². The first-order chi connectivity index (χ1) is 11.9. The second-order valence-corrected chi connectivity index (χ2v) is 6.53. The van der Waals surface area contributed by atoms with Crippen molar-refractivity contribution >= 4 is 46.4 Å². The van der Waals surface area contributed by atoms with Gasteiger partial charge >= 0.3 is 6.18 Å². The Morgan fingerprint density at radius 1 is 1.15 bits per heavy atom. The summed E-state index contributed by atoms with van der Waals surface area (Å²) in [6.07, 6.45) is -2.54. The normalized spacial score (nSPS) is 15.7. The lowest BCUT2D eigenvalue weighted by Gasteiger charge is -2.35. The zero-order valence-corrected chi connectivity index (χ0v) is 17.0. The van der Waals surface area contributed by atoms with Crippen LogP contribution in [-0.4, -0.2) is 42.0 Å². The van der Waals surface area contributed by atoms with Crippen LogP contribution in [0.1, 0.15) is 11.1 Å². The molecule has 2 heterocycles. The van der Waals surface area contributed by atoms with Crippen LogP contribution >= 0.6 is 35.3 Å². The number of alkyl halides is 3. The minimum Gasteiger partial charge on any atom is -0.370 e. The van der Waals surface area contributed by atoms with Crippen molar-refractivity contribution in [1.29, 1.82) is 0 Å². The fourth-order valence-electron chi connectivity index (χ4n) is 2.57. The van der Waals surface area contributed by atoms with Crippen molar-refractivity contribution in [2.24, 2.45) is 10.7 Å². The first-order valence-electron chi connectivity index (χ1n) is 7.79. The number of halogens is 4. The van der Waals surface area contributed by atoms with Crippen LogP contribution in [0.25, 0.3) is 0 Å². The number of aliphatic imine (C=N–C) groups is 1. The van der Waals surface area contributed by atoms with Crippen molar-refractivity contribution in [2.45, 2.75) is 12.7 Å². The van der Waals surface area contributed by atoms with E-state index in [1.165, 1.54) is 12.1 Å². The van der Waals surface area contributed by atoms with Crippen molar-refractivity contribution in [3.63, 3.8) is 0 Å². The molecule has 2 aromatic rings. The highest BCUT2D eigenvalue weighted by Crippen LogP contribution is 2.29. The summed E-state index contributed by atoms with van der Waals surface area (Å²) in [6, 6.07) is 4.99. The number of thiazole rings is 1. The highest BCUT2D eigenvalue weighted by molar-refractivity contribution is 14.0. The van der Waals surface area contributed by atoms with Gasteiger partial charge in [-0.1, -0.05) is 12.1 Å². The first kappa shape index (κ1) is 20.7. The number of guanidine groups is 1. The Bertz CT molecular complexity index is 710. The van der Waals surface area contributed by atoms with Gasteiger partial charge in [0.1, 0.15) is 0 Å². The Hall–Kier alpha value is -1.56. The van der Waals surface area contributed by atoms with E-state index in [1.807, 2.05) is 10.3 Å². The number of nitrogens with zero attached hydrogens (tertiary/aromatic N) is 4. The molecular formula is C16H19F3IN5S.